The topological polar surface area (TPSA) is 39.7 Å². The van der Waals surface area contributed by atoms with Gasteiger partial charge in [-0.2, -0.15) is 13.2 Å². The number of aliphatic imine (C=N–C) groups is 1. The summed E-state index contributed by atoms with van der Waals surface area (Å²) in [5.41, 5.74) is 0.204. The van der Waals surface area contributed by atoms with Crippen LogP contribution in [0.15, 0.2) is 23.2 Å². The zero-order valence-electron chi connectivity index (χ0n) is 15.3. The molecular formula is C18H25F5N4. The van der Waals surface area contributed by atoms with E-state index in [1.54, 1.807) is 7.05 Å². The van der Waals surface area contributed by atoms with Gasteiger partial charge in [0, 0.05) is 25.7 Å². The van der Waals surface area contributed by atoms with Gasteiger partial charge in [-0.3, -0.25) is 9.89 Å². The fourth-order valence-corrected chi connectivity index (χ4v) is 3.16. The highest BCUT2D eigenvalue weighted by Gasteiger charge is 2.32. The Morgan fingerprint density at radius 3 is 2.52 bits per heavy atom. The molecule has 0 unspecified atom stereocenters. The Hall–Kier alpha value is -1.90. The van der Waals surface area contributed by atoms with Gasteiger partial charge in [0.15, 0.2) is 5.96 Å². The second-order valence-corrected chi connectivity index (χ2v) is 6.71. The molecule has 0 aromatic heterocycles. The van der Waals surface area contributed by atoms with Gasteiger partial charge in [0.25, 0.3) is 0 Å². The summed E-state index contributed by atoms with van der Waals surface area (Å²) < 4.78 is 64.0. The molecule has 1 aromatic carbocycles. The summed E-state index contributed by atoms with van der Waals surface area (Å²) in [5, 5.41) is 6.02. The van der Waals surface area contributed by atoms with E-state index >= 15 is 0 Å². The van der Waals surface area contributed by atoms with Gasteiger partial charge in [-0.1, -0.05) is 0 Å². The Balaban J connectivity index is 1.67. The molecule has 27 heavy (non-hydrogen) atoms. The number of benzene rings is 1. The lowest BCUT2D eigenvalue weighted by atomic mass is 9.93. The molecular weight excluding hydrogens is 367 g/mol. The maximum atomic E-state index is 13.6. The molecule has 1 aliphatic rings. The van der Waals surface area contributed by atoms with Crippen molar-refractivity contribution in [3.8, 4) is 0 Å². The third kappa shape index (κ3) is 7.70. The van der Waals surface area contributed by atoms with Crippen molar-refractivity contribution < 1.29 is 22.0 Å². The maximum absolute atomic E-state index is 13.6. The van der Waals surface area contributed by atoms with Crippen molar-refractivity contribution in [2.24, 2.45) is 10.9 Å². The third-order valence-corrected chi connectivity index (χ3v) is 4.63. The molecule has 1 heterocycles. The molecule has 0 aliphatic carbocycles. The Morgan fingerprint density at radius 1 is 1.19 bits per heavy atom. The Kier molecular flexibility index (Phi) is 7.82. The van der Waals surface area contributed by atoms with Gasteiger partial charge in [-0.25, -0.2) is 8.78 Å². The Morgan fingerprint density at radius 2 is 1.89 bits per heavy atom. The van der Waals surface area contributed by atoms with E-state index in [0.29, 0.717) is 31.5 Å². The highest BCUT2D eigenvalue weighted by molar-refractivity contribution is 5.79. The highest BCUT2D eigenvalue weighted by Crippen LogP contribution is 2.23. The number of halogens is 5. The second-order valence-electron chi connectivity index (χ2n) is 6.71. The smallest absolute Gasteiger partial charge is 0.356 e. The molecule has 1 aliphatic heterocycles. The van der Waals surface area contributed by atoms with E-state index in [1.807, 2.05) is 0 Å². The molecule has 2 N–H and O–H groups in total. The lowest BCUT2D eigenvalue weighted by Gasteiger charge is -2.32. The predicted octanol–water partition coefficient (Wildman–Crippen LogP) is 3.29. The fourth-order valence-electron chi connectivity index (χ4n) is 3.16. The van der Waals surface area contributed by atoms with E-state index in [2.05, 4.69) is 15.6 Å². The number of alkyl halides is 3. The average molecular weight is 392 g/mol. The van der Waals surface area contributed by atoms with Crippen molar-refractivity contribution in [2.75, 3.05) is 33.2 Å². The molecule has 0 amide bonds. The first-order valence-corrected chi connectivity index (χ1v) is 8.94. The van der Waals surface area contributed by atoms with Gasteiger partial charge < -0.3 is 10.6 Å². The summed E-state index contributed by atoms with van der Waals surface area (Å²) >= 11 is 0. The number of rotatable bonds is 6. The van der Waals surface area contributed by atoms with Crippen LogP contribution in [0.3, 0.4) is 0 Å². The van der Waals surface area contributed by atoms with E-state index < -0.39 is 24.4 Å². The summed E-state index contributed by atoms with van der Waals surface area (Å²) in [6, 6.07) is 3.27. The maximum Gasteiger partial charge on any atom is 0.401 e. The van der Waals surface area contributed by atoms with Crippen LogP contribution in [-0.4, -0.2) is 50.3 Å². The van der Waals surface area contributed by atoms with Crippen LogP contribution >= 0.6 is 0 Å². The van der Waals surface area contributed by atoms with Crippen LogP contribution in [0.4, 0.5) is 22.0 Å². The molecule has 0 spiro atoms. The second kappa shape index (κ2) is 9.87. The van der Waals surface area contributed by atoms with Crippen LogP contribution in [0.2, 0.25) is 0 Å². The van der Waals surface area contributed by atoms with Crippen LogP contribution in [0, 0.1) is 17.6 Å². The molecule has 1 fully saturated rings. The number of nitrogens with one attached hydrogen (secondary N) is 2. The first-order chi connectivity index (χ1) is 12.8. The largest absolute Gasteiger partial charge is 0.401 e. The van der Waals surface area contributed by atoms with Gasteiger partial charge >= 0.3 is 6.18 Å². The number of hydrogen-bond acceptors (Lipinski definition) is 2. The first-order valence-electron chi connectivity index (χ1n) is 8.94. The van der Waals surface area contributed by atoms with Crippen molar-refractivity contribution >= 4 is 5.96 Å². The first kappa shape index (κ1) is 21.4. The van der Waals surface area contributed by atoms with Crippen molar-refractivity contribution in [3.63, 3.8) is 0 Å². The quantitative estimate of drug-likeness (QED) is 0.443. The predicted molar refractivity (Wildman–Crippen MR) is 94.4 cm³/mol. The number of nitrogens with zero attached hydrogens (tertiary/aromatic N) is 2. The van der Waals surface area contributed by atoms with E-state index in [9.17, 15) is 22.0 Å². The van der Waals surface area contributed by atoms with Crippen molar-refractivity contribution in [1.82, 2.24) is 15.5 Å². The van der Waals surface area contributed by atoms with E-state index in [0.717, 1.165) is 37.5 Å². The summed E-state index contributed by atoms with van der Waals surface area (Å²) in [6.07, 6.45) is -1.86. The number of likely N-dealkylation sites (tertiary alicyclic amines) is 1. The van der Waals surface area contributed by atoms with E-state index in [4.69, 9.17) is 0 Å². The molecule has 4 nitrogen and oxygen atoms in total. The van der Waals surface area contributed by atoms with Crippen molar-refractivity contribution in [2.45, 2.75) is 32.0 Å². The van der Waals surface area contributed by atoms with Gasteiger partial charge in [-0.05, 0) is 56.5 Å². The van der Waals surface area contributed by atoms with Crippen LogP contribution < -0.4 is 10.6 Å². The molecule has 2 rings (SSSR count). The Bertz CT molecular complexity index is 625. The monoisotopic (exact) mass is 392 g/mol. The normalized spacial score (nSPS) is 17.2. The molecule has 0 saturated carbocycles. The summed E-state index contributed by atoms with van der Waals surface area (Å²) in [4.78, 5) is 5.48. The molecule has 1 aromatic rings. The van der Waals surface area contributed by atoms with Crippen molar-refractivity contribution in [1.29, 1.82) is 0 Å². The van der Waals surface area contributed by atoms with Crippen molar-refractivity contribution in [3.05, 3.63) is 35.4 Å². The minimum Gasteiger partial charge on any atom is -0.356 e. The highest BCUT2D eigenvalue weighted by atomic mass is 19.4. The molecule has 152 valence electrons. The third-order valence-electron chi connectivity index (χ3n) is 4.63. The summed E-state index contributed by atoms with van der Waals surface area (Å²) in [5.74, 6) is -0.174. The lowest BCUT2D eigenvalue weighted by Crippen LogP contribution is -2.41. The van der Waals surface area contributed by atoms with Gasteiger partial charge in [0.1, 0.15) is 11.6 Å². The molecule has 0 radical (unpaired) electrons. The van der Waals surface area contributed by atoms with Gasteiger partial charge in [-0.15, -0.1) is 0 Å². The van der Waals surface area contributed by atoms with Crippen LogP contribution in [0.25, 0.3) is 0 Å². The minimum absolute atomic E-state index is 0.0963. The van der Waals surface area contributed by atoms with Crippen LogP contribution in [0.5, 0.6) is 0 Å². The van der Waals surface area contributed by atoms with Gasteiger partial charge in [0.2, 0.25) is 0 Å². The number of guanidine groups is 1. The molecule has 9 heteroatoms. The fraction of sp³-hybridized carbons (Fsp3) is 0.611. The summed E-state index contributed by atoms with van der Waals surface area (Å²) in [6.45, 7) is 0.769. The zero-order chi connectivity index (χ0) is 19.9. The summed E-state index contributed by atoms with van der Waals surface area (Å²) in [7, 11) is 1.58. The number of piperidine rings is 1. The van der Waals surface area contributed by atoms with Crippen LogP contribution in [0.1, 0.15) is 24.8 Å². The van der Waals surface area contributed by atoms with E-state index in [-0.39, 0.29) is 12.1 Å². The zero-order valence-corrected chi connectivity index (χ0v) is 15.3. The average Bonchev–Trinajstić information content (AvgIpc) is 2.60. The standard InChI is InChI=1S/C18H25F5N4/c1-24-17(26-11-14-10-15(19)2-3-16(14)20)25-7-4-13-5-8-27(9-6-13)12-18(21,22)23/h2-3,10,13H,4-9,11-12H2,1H3,(H2,24,25,26). The van der Waals surface area contributed by atoms with E-state index in [1.165, 1.54) is 4.90 Å². The molecule has 1 saturated heterocycles. The van der Waals surface area contributed by atoms with Gasteiger partial charge in [0.05, 0.1) is 6.54 Å². The SMILES string of the molecule is CN=C(NCCC1CCN(CC(F)(F)F)CC1)NCc1cc(F)ccc1F. The molecule has 0 atom stereocenters. The Labute approximate surface area is 155 Å². The van der Waals surface area contributed by atoms with Crippen LogP contribution in [-0.2, 0) is 6.54 Å². The number of hydrogen-bond donors (Lipinski definition) is 2. The minimum atomic E-state index is -4.15. The lowest BCUT2D eigenvalue weighted by molar-refractivity contribution is -0.148. The molecule has 0 bridgehead atoms.